The Hall–Kier alpha value is -3.37. The molecule has 0 unspecified atom stereocenters. The molecule has 4 rings (SSSR count). The highest BCUT2D eigenvalue weighted by atomic mass is 79.9. The van der Waals surface area contributed by atoms with Crippen molar-refractivity contribution < 1.29 is 23.6 Å². The first-order chi connectivity index (χ1) is 16.2. The van der Waals surface area contributed by atoms with E-state index in [2.05, 4.69) is 36.9 Å². The van der Waals surface area contributed by atoms with Crippen molar-refractivity contribution in [3.05, 3.63) is 107 Å². The number of hydrogen-bond donors (Lipinski definition) is 0. The fourth-order valence-corrected chi connectivity index (χ4v) is 4.75. The second-order valence-corrected chi connectivity index (χ2v) is 8.95. The maximum absolute atomic E-state index is 13.9. The van der Waals surface area contributed by atoms with Gasteiger partial charge in [-0.15, -0.1) is 0 Å². The topological polar surface area (TPSA) is 91.0 Å². The van der Waals surface area contributed by atoms with Gasteiger partial charge in [-0.1, -0.05) is 24.3 Å². The van der Waals surface area contributed by atoms with E-state index in [0.717, 1.165) is 0 Å². The van der Waals surface area contributed by atoms with Gasteiger partial charge in [-0.2, -0.15) is 0 Å². The zero-order chi connectivity index (χ0) is 24.4. The number of nitro benzene ring substituents is 1. The number of carbonyl (C=O) groups excluding carboxylic acids is 1. The molecular weight excluding hydrogens is 575 g/mol. The van der Waals surface area contributed by atoms with E-state index in [1.165, 1.54) is 24.3 Å². The number of nitro groups is 1. The standard InChI is InChI=1S/C24H15Br2FN2O5/c1-13-16(6-4-8-21(13)29(31)32)23-28-20(24(30)34-23)11-14-9-17(25)22(18(26)10-14)33-12-15-5-2-3-7-19(15)27/h2-11H,12H2,1H3/b20-11-. The number of hydrogen-bond acceptors (Lipinski definition) is 6. The molecule has 0 radical (unpaired) electrons. The van der Waals surface area contributed by atoms with Crippen LogP contribution in [-0.4, -0.2) is 16.8 Å². The van der Waals surface area contributed by atoms with Crippen LogP contribution in [0.5, 0.6) is 5.75 Å². The van der Waals surface area contributed by atoms with Gasteiger partial charge in [0.15, 0.2) is 5.70 Å². The molecule has 0 saturated heterocycles. The summed E-state index contributed by atoms with van der Waals surface area (Å²) < 4.78 is 26.1. The van der Waals surface area contributed by atoms with Gasteiger partial charge in [-0.3, -0.25) is 10.1 Å². The molecule has 1 heterocycles. The number of nitrogens with zero attached hydrogens (tertiary/aromatic N) is 2. The van der Waals surface area contributed by atoms with Gasteiger partial charge in [0.2, 0.25) is 5.90 Å². The van der Waals surface area contributed by atoms with Crippen LogP contribution < -0.4 is 4.74 Å². The van der Waals surface area contributed by atoms with Gasteiger partial charge in [-0.05, 0) is 74.7 Å². The van der Waals surface area contributed by atoms with E-state index in [9.17, 15) is 19.3 Å². The lowest BCUT2D eigenvalue weighted by atomic mass is 10.1. The lowest BCUT2D eigenvalue weighted by molar-refractivity contribution is -0.385. The van der Waals surface area contributed by atoms with E-state index >= 15 is 0 Å². The average Bonchev–Trinajstić information content (AvgIpc) is 3.14. The third kappa shape index (κ3) is 4.92. The number of cyclic esters (lactones) is 1. The molecule has 0 saturated carbocycles. The third-order valence-corrected chi connectivity index (χ3v) is 6.18. The van der Waals surface area contributed by atoms with Crippen LogP contribution >= 0.6 is 31.9 Å². The van der Waals surface area contributed by atoms with Crippen molar-refractivity contribution in [3.8, 4) is 5.75 Å². The Morgan fingerprint density at radius 1 is 1.15 bits per heavy atom. The Kier molecular flexibility index (Phi) is 6.90. The van der Waals surface area contributed by atoms with Crippen LogP contribution in [0.3, 0.4) is 0 Å². The van der Waals surface area contributed by atoms with Crippen LogP contribution in [0.15, 0.2) is 74.2 Å². The lowest BCUT2D eigenvalue weighted by Gasteiger charge is -2.12. The summed E-state index contributed by atoms with van der Waals surface area (Å²) in [5.41, 5.74) is 1.70. The molecule has 3 aromatic carbocycles. The summed E-state index contributed by atoms with van der Waals surface area (Å²) in [7, 11) is 0. The molecule has 0 N–H and O–H groups in total. The highest BCUT2D eigenvalue weighted by Gasteiger charge is 2.27. The van der Waals surface area contributed by atoms with Gasteiger partial charge >= 0.3 is 5.97 Å². The molecule has 7 nitrogen and oxygen atoms in total. The normalized spacial score (nSPS) is 14.2. The van der Waals surface area contributed by atoms with E-state index in [0.29, 0.717) is 36.9 Å². The van der Waals surface area contributed by atoms with E-state index in [1.54, 1.807) is 43.3 Å². The summed E-state index contributed by atoms with van der Waals surface area (Å²) in [5, 5.41) is 11.2. The van der Waals surface area contributed by atoms with Gasteiger partial charge in [0.25, 0.3) is 5.69 Å². The molecule has 0 bridgehead atoms. The quantitative estimate of drug-likeness (QED) is 0.142. The van der Waals surface area contributed by atoms with Crippen molar-refractivity contribution in [2.75, 3.05) is 0 Å². The van der Waals surface area contributed by atoms with Gasteiger partial charge in [-0.25, -0.2) is 14.2 Å². The van der Waals surface area contributed by atoms with Crippen molar-refractivity contribution in [2.45, 2.75) is 13.5 Å². The van der Waals surface area contributed by atoms with Crippen LogP contribution in [0.2, 0.25) is 0 Å². The molecular formula is C24H15Br2FN2O5. The molecule has 0 aromatic heterocycles. The average molecular weight is 590 g/mol. The molecule has 0 fully saturated rings. The predicted octanol–water partition coefficient (Wildman–Crippen LogP) is 6.49. The number of ether oxygens (including phenoxy) is 2. The number of aliphatic imine (C=N–C) groups is 1. The lowest BCUT2D eigenvalue weighted by Crippen LogP contribution is -2.08. The highest BCUT2D eigenvalue weighted by molar-refractivity contribution is 9.11. The van der Waals surface area contributed by atoms with E-state index < -0.39 is 10.9 Å². The smallest absolute Gasteiger partial charge is 0.363 e. The minimum Gasteiger partial charge on any atom is -0.486 e. The van der Waals surface area contributed by atoms with Crippen molar-refractivity contribution >= 4 is 55.5 Å². The van der Waals surface area contributed by atoms with Crippen molar-refractivity contribution in [1.29, 1.82) is 0 Å². The van der Waals surface area contributed by atoms with Crippen LogP contribution in [0.4, 0.5) is 10.1 Å². The monoisotopic (exact) mass is 588 g/mol. The molecule has 0 amide bonds. The van der Waals surface area contributed by atoms with Gasteiger partial charge in [0.05, 0.1) is 13.9 Å². The second-order valence-electron chi connectivity index (χ2n) is 7.24. The number of carbonyl (C=O) groups is 1. The SMILES string of the molecule is Cc1c(C2=N/C(=C\c3cc(Br)c(OCc4ccccc4F)c(Br)c3)C(=O)O2)cccc1[N+](=O)[O-]. The summed E-state index contributed by atoms with van der Waals surface area (Å²) in [6.45, 7) is 1.60. The fourth-order valence-electron chi connectivity index (χ4n) is 3.30. The van der Waals surface area contributed by atoms with Gasteiger partial charge in [0.1, 0.15) is 18.2 Å². The Labute approximate surface area is 210 Å². The van der Waals surface area contributed by atoms with Gasteiger partial charge < -0.3 is 9.47 Å². The van der Waals surface area contributed by atoms with Gasteiger partial charge in [0, 0.05) is 22.8 Å². The summed E-state index contributed by atoms with van der Waals surface area (Å²) in [5.74, 6) is -0.562. The fraction of sp³-hybridized carbons (Fsp3) is 0.0833. The van der Waals surface area contributed by atoms with E-state index in [4.69, 9.17) is 9.47 Å². The molecule has 0 spiro atoms. The first kappa shape index (κ1) is 23.8. The summed E-state index contributed by atoms with van der Waals surface area (Å²) in [6.07, 6.45) is 1.53. The molecule has 0 atom stereocenters. The van der Waals surface area contributed by atoms with Crippen LogP contribution in [0.1, 0.15) is 22.3 Å². The van der Waals surface area contributed by atoms with Crippen molar-refractivity contribution in [2.24, 2.45) is 4.99 Å². The molecule has 172 valence electrons. The Balaban J connectivity index is 1.60. The molecule has 3 aromatic rings. The first-order valence-corrected chi connectivity index (χ1v) is 11.5. The van der Waals surface area contributed by atoms with Crippen molar-refractivity contribution in [1.82, 2.24) is 0 Å². The zero-order valence-corrected chi connectivity index (χ0v) is 20.7. The number of halogens is 3. The highest BCUT2D eigenvalue weighted by Crippen LogP contribution is 2.36. The molecule has 10 heteroatoms. The predicted molar refractivity (Wildman–Crippen MR) is 131 cm³/mol. The Morgan fingerprint density at radius 2 is 1.85 bits per heavy atom. The van der Waals surface area contributed by atoms with Crippen LogP contribution in [0, 0.1) is 22.9 Å². The minimum absolute atomic E-state index is 0.000391. The summed E-state index contributed by atoms with van der Waals surface area (Å²) in [6, 6.07) is 14.3. The summed E-state index contributed by atoms with van der Waals surface area (Å²) in [4.78, 5) is 27.3. The zero-order valence-electron chi connectivity index (χ0n) is 17.6. The number of benzene rings is 3. The summed E-state index contributed by atoms with van der Waals surface area (Å²) >= 11 is 6.88. The number of rotatable bonds is 6. The molecule has 0 aliphatic carbocycles. The maximum atomic E-state index is 13.9. The second kappa shape index (κ2) is 9.86. The number of esters is 1. The minimum atomic E-state index is -0.673. The largest absolute Gasteiger partial charge is 0.486 e. The third-order valence-electron chi connectivity index (χ3n) is 5.01. The van der Waals surface area contributed by atoms with E-state index in [1.807, 2.05) is 0 Å². The van der Waals surface area contributed by atoms with Crippen LogP contribution in [-0.2, 0) is 16.1 Å². The molecule has 1 aliphatic rings. The molecule has 1 aliphatic heterocycles. The van der Waals surface area contributed by atoms with E-state index in [-0.39, 0.29) is 29.7 Å². The maximum Gasteiger partial charge on any atom is 0.363 e. The first-order valence-electron chi connectivity index (χ1n) is 9.87. The Bertz CT molecular complexity index is 1360. The van der Waals surface area contributed by atoms with Crippen molar-refractivity contribution in [3.63, 3.8) is 0 Å². The van der Waals surface area contributed by atoms with Crippen LogP contribution in [0.25, 0.3) is 6.08 Å². The molecule has 34 heavy (non-hydrogen) atoms. The Morgan fingerprint density at radius 3 is 2.53 bits per heavy atom.